The van der Waals surface area contributed by atoms with Gasteiger partial charge in [-0.25, -0.2) is 8.78 Å². The zero-order valence-corrected chi connectivity index (χ0v) is 17.3. The highest BCUT2D eigenvalue weighted by molar-refractivity contribution is 5.40. The molecule has 0 aromatic heterocycles. The molecule has 0 amide bonds. The van der Waals surface area contributed by atoms with Crippen LogP contribution in [0.1, 0.15) is 63.8 Å². The molecule has 0 saturated carbocycles. The molecule has 2 unspecified atom stereocenters. The Bertz CT molecular complexity index is 651. The molecule has 0 saturated heterocycles. The Morgan fingerprint density at radius 3 is 1.92 bits per heavy atom. The molecule has 1 aromatic carbocycles. The van der Waals surface area contributed by atoms with E-state index in [0.717, 1.165) is 0 Å². The van der Waals surface area contributed by atoms with Crippen LogP contribution in [0.4, 0.5) is 8.78 Å². The van der Waals surface area contributed by atoms with Crippen LogP contribution in [0.15, 0.2) is 23.8 Å². The molecule has 0 heterocycles. The molecule has 1 aromatic rings. The van der Waals surface area contributed by atoms with Gasteiger partial charge in [-0.2, -0.15) is 0 Å². The summed E-state index contributed by atoms with van der Waals surface area (Å²) in [6.07, 6.45) is 6.85. The van der Waals surface area contributed by atoms with Gasteiger partial charge in [-0.3, -0.25) is 0 Å². The monoisotopic (exact) mass is 348 g/mol. The standard InChI is InChI=1S/C23H34F2/c1-10-12-19(11-2)23(9,14(3)4)15(5)13-20-18(8)21(24)16(6)17(7)22(20)25/h10-12,14-15H,13H2,1-9H3/b12-10-,19-11+. The van der Waals surface area contributed by atoms with Crippen LogP contribution in [0.25, 0.3) is 0 Å². The number of rotatable bonds is 6. The molecule has 0 N–H and O–H groups in total. The van der Waals surface area contributed by atoms with Gasteiger partial charge in [0.15, 0.2) is 0 Å². The van der Waals surface area contributed by atoms with Crippen molar-refractivity contribution in [2.75, 3.05) is 0 Å². The maximum Gasteiger partial charge on any atom is 0.130 e. The SMILES string of the molecule is C/C=C\C(=C/C)C(C)(C(C)C)C(C)Cc1c(C)c(F)c(C)c(C)c1F. The van der Waals surface area contributed by atoms with Gasteiger partial charge in [0.1, 0.15) is 11.6 Å². The van der Waals surface area contributed by atoms with E-state index in [2.05, 4.69) is 39.8 Å². The molecule has 25 heavy (non-hydrogen) atoms. The first-order valence-corrected chi connectivity index (χ1v) is 9.26. The van der Waals surface area contributed by atoms with Gasteiger partial charge in [-0.05, 0) is 86.1 Å². The van der Waals surface area contributed by atoms with E-state index in [1.165, 1.54) is 5.57 Å². The van der Waals surface area contributed by atoms with Crippen molar-refractivity contribution in [3.05, 3.63) is 57.7 Å². The maximum absolute atomic E-state index is 14.9. The molecule has 0 spiro atoms. The van der Waals surface area contributed by atoms with Crippen molar-refractivity contribution in [3.8, 4) is 0 Å². The summed E-state index contributed by atoms with van der Waals surface area (Å²) in [6, 6.07) is 0. The fourth-order valence-corrected chi connectivity index (χ4v) is 3.85. The summed E-state index contributed by atoms with van der Waals surface area (Å²) < 4.78 is 29.4. The Hall–Kier alpha value is -1.44. The lowest BCUT2D eigenvalue weighted by Gasteiger charge is -2.41. The van der Waals surface area contributed by atoms with Crippen molar-refractivity contribution in [3.63, 3.8) is 0 Å². The van der Waals surface area contributed by atoms with Crippen molar-refractivity contribution in [2.45, 2.75) is 68.7 Å². The summed E-state index contributed by atoms with van der Waals surface area (Å²) in [5, 5.41) is 0. The van der Waals surface area contributed by atoms with Crippen molar-refractivity contribution in [1.82, 2.24) is 0 Å². The molecule has 0 fully saturated rings. The lowest BCUT2D eigenvalue weighted by molar-refractivity contribution is 0.177. The van der Waals surface area contributed by atoms with Crippen LogP contribution < -0.4 is 0 Å². The third kappa shape index (κ3) is 3.88. The molecule has 140 valence electrons. The van der Waals surface area contributed by atoms with E-state index in [4.69, 9.17) is 0 Å². The fourth-order valence-electron chi connectivity index (χ4n) is 3.85. The first kappa shape index (κ1) is 21.6. The highest BCUT2D eigenvalue weighted by atomic mass is 19.1. The van der Waals surface area contributed by atoms with Gasteiger partial charge >= 0.3 is 0 Å². The smallest absolute Gasteiger partial charge is 0.130 e. The Kier molecular flexibility index (Phi) is 7.17. The maximum atomic E-state index is 14.9. The quantitative estimate of drug-likeness (QED) is 0.475. The van der Waals surface area contributed by atoms with Gasteiger partial charge in [0.2, 0.25) is 0 Å². The van der Waals surface area contributed by atoms with Crippen molar-refractivity contribution in [2.24, 2.45) is 17.3 Å². The summed E-state index contributed by atoms with van der Waals surface area (Å²) in [5.74, 6) is 0.0312. The van der Waals surface area contributed by atoms with Crippen molar-refractivity contribution < 1.29 is 8.78 Å². The predicted octanol–water partition coefficient (Wildman–Crippen LogP) is 7.25. The lowest BCUT2D eigenvalue weighted by atomic mass is 9.63. The van der Waals surface area contributed by atoms with Gasteiger partial charge in [-0.1, -0.05) is 45.9 Å². The first-order chi connectivity index (χ1) is 11.5. The Labute approximate surface area is 153 Å². The van der Waals surface area contributed by atoms with Crippen LogP contribution >= 0.6 is 0 Å². The van der Waals surface area contributed by atoms with Crippen LogP contribution in [-0.2, 0) is 6.42 Å². The Morgan fingerprint density at radius 1 is 0.960 bits per heavy atom. The predicted molar refractivity (Wildman–Crippen MR) is 105 cm³/mol. The molecule has 2 atom stereocenters. The van der Waals surface area contributed by atoms with Crippen LogP contribution in [0.5, 0.6) is 0 Å². The van der Waals surface area contributed by atoms with E-state index in [0.29, 0.717) is 34.6 Å². The van der Waals surface area contributed by atoms with E-state index in [-0.39, 0.29) is 23.0 Å². The molecule has 0 bridgehead atoms. The normalized spacial score (nSPS) is 16.6. The number of allylic oxidation sites excluding steroid dienone is 4. The van der Waals surface area contributed by atoms with Crippen LogP contribution in [0.3, 0.4) is 0 Å². The summed E-state index contributed by atoms with van der Waals surface area (Å²) in [6.45, 7) is 17.9. The van der Waals surface area contributed by atoms with Crippen LogP contribution in [0, 0.1) is 49.7 Å². The van der Waals surface area contributed by atoms with Crippen molar-refractivity contribution >= 4 is 0 Å². The number of hydrogen-bond acceptors (Lipinski definition) is 0. The second-order valence-corrected chi connectivity index (χ2v) is 7.77. The van der Waals surface area contributed by atoms with Crippen molar-refractivity contribution in [1.29, 1.82) is 0 Å². The minimum absolute atomic E-state index is 0.116. The minimum Gasteiger partial charge on any atom is -0.206 e. The Morgan fingerprint density at radius 2 is 1.48 bits per heavy atom. The Balaban J connectivity index is 3.43. The lowest BCUT2D eigenvalue weighted by Crippen LogP contribution is -2.34. The van der Waals surface area contributed by atoms with E-state index < -0.39 is 0 Å². The first-order valence-electron chi connectivity index (χ1n) is 9.26. The van der Waals surface area contributed by atoms with Gasteiger partial charge < -0.3 is 0 Å². The molecule has 0 radical (unpaired) electrons. The van der Waals surface area contributed by atoms with E-state index in [9.17, 15) is 8.78 Å². The van der Waals surface area contributed by atoms with Crippen LogP contribution in [-0.4, -0.2) is 0 Å². The molecular weight excluding hydrogens is 314 g/mol. The number of hydrogen-bond donors (Lipinski definition) is 0. The minimum atomic E-state index is -0.271. The largest absolute Gasteiger partial charge is 0.206 e. The highest BCUT2D eigenvalue weighted by Crippen LogP contribution is 2.45. The zero-order chi connectivity index (χ0) is 19.5. The second-order valence-electron chi connectivity index (χ2n) is 7.77. The van der Waals surface area contributed by atoms with Gasteiger partial charge in [0.25, 0.3) is 0 Å². The average Bonchev–Trinajstić information content (AvgIpc) is 2.58. The van der Waals surface area contributed by atoms with E-state index in [1.807, 2.05) is 19.9 Å². The average molecular weight is 349 g/mol. The molecule has 0 aliphatic carbocycles. The van der Waals surface area contributed by atoms with Crippen LogP contribution in [0.2, 0.25) is 0 Å². The topological polar surface area (TPSA) is 0 Å². The fraction of sp³-hybridized carbons (Fsp3) is 0.565. The number of benzene rings is 1. The van der Waals surface area contributed by atoms with Gasteiger partial charge in [0.05, 0.1) is 0 Å². The number of halogens is 2. The second kappa shape index (κ2) is 8.29. The summed E-state index contributed by atoms with van der Waals surface area (Å²) in [4.78, 5) is 0. The summed E-state index contributed by atoms with van der Waals surface area (Å²) in [7, 11) is 0. The molecule has 0 nitrogen and oxygen atoms in total. The molecular formula is C23H34F2. The summed E-state index contributed by atoms with van der Waals surface area (Å²) >= 11 is 0. The molecule has 0 aliphatic rings. The zero-order valence-electron chi connectivity index (χ0n) is 17.3. The van der Waals surface area contributed by atoms with Gasteiger partial charge in [-0.15, -0.1) is 0 Å². The van der Waals surface area contributed by atoms with Gasteiger partial charge in [0, 0.05) is 0 Å². The summed E-state index contributed by atoms with van der Waals surface area (Å²) in [5.41, 5.74) is 2.95. The molecule has 2 heteroatoms. The third-order valence-electron chi connectivity index (χ3n) is 6.28. The highest BCUT2D eigenvalue weighted by Gasteiger charge is 2.37. The van der Waals surface area contributed by atoms with E-state index >= 15 is 0 Å². The molecule has 1 rings (SSSR count). The molecule has 0 aliphatic heterocycles. The van der Waals surface area contributed by atoms with E-state index in [1.54, 1.807) is 20.8 Å². The third-order valence-corrected chi connectivity index (χ3v) is 6.28.